The summed E-state index contributed by atoms with van der Waals surface area (Å²) in [6, 6.07) is 4.56. The molecule has 0 saturated carbocycles. The molecule has 0 fully saturated rings. The third-order valence-corrected chi connectivity index (χ3v) is 2.90. The van der Waals surface area contributed by atoms with Crippen LogP contribution in [0.5, 0.6) is 0 Å². The molecule has 2 rings (SSSR count). The molecule has 2 heteroatoms. The van der Waals surface area contributed by atoms with E-state index in [2.05, 4.69) is 31.1 Å². The molecule has 2 aromatic rings. The zero-order valence-electron chi connectivity index (χ0n) is 9.75. The minimum Gasteiger partial charge on any atom is -0.268 e. The first-order chi connectivity index (χ1) is 7.22. The van der Waals surface area contributed by atoms with Gasteiger partial charge in [0.1, 0.15) is 0 Å². The lowest BCUT2D eigenvalue weighted by Gasteiger charge is -2.04. The third-order valence-electron chi connectivity index (χ3n) is 2.90. The lowest BCUT2D eigenvalue weighted by Crippen LogP contribution is -1.93. The number of benzene rings is 1. The van der Waals surface area contributed by atoms with E-state index in [9.17, 15) is 0 Å². The number of hydrogen-bond acceptors (Lipinski definition) is 1. The molecule has 0 spiro atoms. The van der Waals surface area contributed by atoms with E-state index in [4.69, 9.17) is 0 Å². The van der Waals surface area contributed by atoms with E-state index in [-0.39, 0.29) is 0 Å². The Hall–Kier alpha value is -1.31. The Kier molecular flexibility index (Phi) is 2.76. The molecule has 0 N–H and O–H groups in total. The minimum atomic E-state index is 1.18. The van der Waals surface area contributed by atoms with Gasteiger partial charge in [-0.2, -0.15) is 5.10 Å². The van der Waals surface area contributed by atoms with Crippen LogP contribution in [0, 0.1) is 6.92 Å². The van der Waals surface area contributed by atoms with E-state index in [1.807, 2.05) is 17.9 Å². The summed E-state index contributed by atoms with van der Waals surface area (Å²) >= 11 is 0. The topological polar surface area (TPSA) is 17.8 Å². The Morgan fingerprint density at radius 2 is 2.13 bits per heavy atom. The van der Waals surface area contributed by atoms with Crippen LogP contribution in [0.3, 0.4) is 0 Å². The lowest BCUT2D eigenvalue weighted by atomic mass is 10.0. The van der Waals surface area contributed by atoms with Crippen LogP contribution in [0.1, 0.15) is 30.9 Å². The van der Waals surface area contributed by atoms with Crippen molar-refractivity contribution in [3.8, 4) is 0 Å². The smallest absolute Gasteiger partial charge is 0.0708 e. The highest BCUT2D eigenvalue weighted by molar-refractivity contribution is 5.82. The van der Waals surface area contributed by atoms with E-state index < -0.39 is 0 Å². The molecule has 0 aliphatic carbocycles. The molecule has 0 bridgehead atoms. The quantitative estimate of drug-likeness (QED) is 0.747. The van der Waals surface area contributed by atoms with Crippen LogP contribution < -0.4 is 0 Å². The van der Waals surface area contributed by atoms with E-state index in [1.54, 1.807) is 0 Å². The second-order valence-corrected chi connectivity index (χ2v) is 4.22. The van der Waals surface area contributed by atoms with Crippen molar-refractivity contribution in [2.24, 2.45) is 7.05 Å². The predicted molar refractivity (Wildman–Crippen MR) is 64.1 cm³/mol. The van der Waals surface area contributed by atoms with Crippen molar-refractivity contribution in [2.75, 3.05) is 0 Å². The molecular formula is C13H18N2. The number of unbranched alkanes of at least 4 members (excludes halogenated alkanes) is 1. The highest BCUT2D eigenvalue weighted by Gasteiger charge is 2.04. The third kappa shape index (κ3) is 1.89. The summed E-state index contributed by atoms with van der Waals surface area (Å²) in [5.74, 6) is 0. The molecule has 2 nitrogen and oxygen atoms in total. The average molecular weight is 202 g/mol. The number of fused-ring (bicyclic) bond motifs is 1. The number of nitrogens with zero attached hydrogens (tertiary/aromatic N) is 2. The van der Waals surface area contributed by atoms with Crippen molar-refractivity contribution in [1.29, 1.82) is 0 Å². The highest BCUT2D eigenvalue weighted by Crippen LogP contribution is 2.20. The monoisotopic (exact) mass is 202 g/mol. The Morgan fingerprint density at radius 1 is 1.33 bits per heavy atom. The molecule has 15 heavy (non-hydrogen) atoms. The van der Waals surface area contributed by atoms with E-state index in [0.29, 0.717) is 0 Å². The molecule has 1 heterocycles. The van der Waals surface area contributed by atoms with Gasteiger partial charge in [-0.05, 0) is 37.0 Å². The fourth-order valence-corrected chi connectivity index (χ4v) is 2.16. The van der Waals surface area contributed by atoms with E-state index in [1.165, 1.54) is 41.3 Å². The van der Waals surface area contributed by atoms with Crippen molar-refractivity contribution in [2.45, 2.75) is 33.1 Å². The van der Waals surface area contributed by atoms with Gasteiger partial charge in [-0.15, -0.1) is 0 Å². The average Bonchev–Trinajstić information content (AvgIpc) is 2.58. The van der Waals surface area contributed by atoms with Gasteiger partial charge in [-0.3, -0.25) is 4.68 Å². The molecule has 0 radical (unpaired) electrons. The molecule has 0 aliphatic heterocycles. The van der Waals surface area contributed by atoms with Crippen LogP contribution in [-0.4, -0.2) is 9.78 Å². The molecular weight excluding hydrogens is 184 g/mol. The lowest BCUT2D eigenvalue weighted by molar-refractivity contribution is 0.790. The zero-order valence-corrected chi connectivity index (χ0v) is 9.75. The van der Waals surface area contributed by atoms with Crippen molar-refractivity contribution in [1.82, 2.24) is 9.78 Å². The molecule has 80 valence electrons. The van der Waals surface area contributed by atoms with Gasteiger partial charge in [0.25, 0.3) is 0 Å². The van der Waals surface area contributed by atoms with Gasteiger partial charge in [-0.1, -0.05) is 19.4 Å². The summed E-state index contributed by atoms with van der Waals surface area (Å²) in [4.78, 5) is 0. The molecule has 0 amide bonds. The van der Waals surface area contributed by atoms with Gasteiger partial charge in [0.05, 0.1) is 11.7 Å². The van der Waals surface area contributed by atoms with Crippen LogP contribution >= 0.6 is 0 Å². The molecule has 0 aliphatic rings. The summed E-state index contributed by atoms with van der Waals surface area (Å²) in [6.07, 6.45) is 5.66. The first kappa shape index (κ1) is 10.2. The largest absolute Gasteiger partial charge is 0.268 e. The molecule has 1 aromatic carbocycles. The van der Waals surface area contributed by atoms with Crippen molar-refractivity contribution in [3.63, 3.8) is 0 Å². The van der Waals surface area contributed by atoms with Crippen molar-refractivity contribution < 1.29 is 0 Å². The second kappa shape index (κ2) is 4.05. The van der Waals surface area contributed by atoms with Crippen LogP contribution in [0.4, 0.5) is 0 Å². The van der Waals surface area contributed by atoms with Gasteiger partial charge in [0.2, 0.25) is 0 Å². The van der Waals surface area contributed by atoms with Crippen LogP contribution in [-0.2, 0) is 13.5 Å². The number of rotatable bonds is 3. The summed E-state index contributed by atoms with van der Waals surface area (Å²) in [7, 11) is 2.00. The summed E-state index contributed by atoms with van der Waals surface area (Å²) in [6.45, 7) is 4.40. The maximum absolute atomic E-state index is 4.29. The Morgan fingerprint density at radius 3 is 2.87 bits per heavy atom. The van der Waals surface area contributed by atoms with Gasteiger partial charge in [0, 0.05) is 12.4 Å². The standard InChI is InChI=1S/C13H18N2/c1-4-5-6-11-7-10(2)13-12(8-11)9-14-15(13)3/h7-9H,4-6H2,1-3H3. The normalized spacial score (nSPS) is 11.1. The van der Waals surface area contributed by atoms with Crippen LogP contribution in [0.2, 0.25) is 0 Å². The minimum absolute atomic E-state index is 1.18. The fraction of sp³-hybridized carbons (Fsp3) is 0.462. The Labute approximate surface area is 90.9 Å². The number of hydrogen-bond donors (Lipinski definition) is 0. The van der Waals surface area contributed by atoms with Gasteiger partial charge >= 0.3 is 0 Å². The van der Waals surface area contributed by atoms with Gasteiger partial charge < -0.3 is 0 Å². The maximum Gasteiger partial charge on any atom is 0.0708 e. The Balaban J connectivity index is 2.44. The fourth-order valence-electron chi connectivity index (χ4n) is 2.16. The maximum atomic E-state index is 4.29. The van der Waals surface area contributed by atoms with Crippen molar-refractivity contribution >= 4 is 10.9 Å². The first-order valence-corrected chi connectivity index (χ1v) is 5.63. The van der Waals surface area contributed by atoms with Gasteiger partial charge in [-0.25, -0.2) is 0 Å². The summed E-state index contributed by atoms with van der Waals surface area (Å²) < 4.78 is 1.95. The molecule has 0 unspecified atom stereocenters. The summed E-state index contributed by atoms with van der Waals surface area (Å²) in [5, 5.41) is 5.56. The highest BCUT2D eigenvalue weighted by atomic mass is 15.2. The van der Waals surface area contributed by atoms with E-state index in [0.717, 1.165) is 0 Å². The molecule has 1 aromatic heterocycles. The predicted octanol–water partition coefficient (Wildman–Crippen LogP) is 3.22. The van der Waals surface area contributed by atoms with Crippen molar-refractivity contribution in [3.05, 3.63) is 29.5 Å². The SMILES string of the molecule is CCCCc1cc(C)c2c(cnn2C)c1. The van der Waals surface area contributed by atoms with Crippen LogP contribution in [0.25, 0.3) is 10.9 Å². The molecule has 0 saturated heterocycles. The Bertz CT molecular complexity index is 469. The van der Waals surface area contributed by atoms with E-state index >= 15 is 0 Å². The zero-order chi connectivity index (χ0) is 10.8. The molecule has 0 atom stereocenters. The van der Waals surface area contributed by atoms with Crippen LogP contribution in [0.15, 0.2) is 18.3 Å². The second-order valence-electron chi connectivity index (χ2n) is 4.22. The summed E-state index contributed by atoms with van der Waals surface area (Å²) in [5.41, 5.74) is 4.03. The van der Waals surface area contributed by atoms with Gasteiger partial charge in [0.15, 0.2) is 0 Å². The first-order valence-electron chi connectivity index (χ1n) is 5.63. The number of aryl methyl sites for hydroxylation is 3. The number of aromatic nitrogens is 2.